The van der Waals surface area contributed by atoms with E-state index in [0.717, 1.165) is 11.1 Å². The van der Waals surface area contributed by atoms with Gasteiger partial charge < -0.3 is 54.2 Å². The van der Waals surface area contributed by atoms with Crippen LogP contribution >= 0.6 is 0 Å². The Morgan fingerprint density at radius 2 is 1.62 bits per heavy atom. The molecule has 3 fully saturated rings. The average molecular weight is 562 g/mol. The maximum absolute atomic E-state index is 12.3. The number of amides is 1. The SMILES string of the molecule is CC(=O)N[C@H]1[C@@H](OCc2ccccc2)O[C@@H]2CO[C@@H](c3ccccc3)O[C@@H]2[C@@H]1O[C@@H]1O[C@H](CO)[C@H](O)[C@H](O)[C@H]1O. The summed E-state index contributed by atoms with van der Waals surface area (Å²) in [6, 6.07) is 17.7. The van der Waals surface area contributed by atoms with Crippen LogP contribution in [-0.4, -0.2) is 101 Å². The standard InChI is InChI=1S/C28H35NO11/c1-15(31)29-20-25(40-28-23(34)22(33)21(32)18(12-30)37-28)24-19(14-36-26(39-24)17-10-6-3-7-11-17)38-27(20)35-13-16-8-4-2-5-9-16/h2-11,18-28,30,32-34H,12-14H2,1H3,(H,29,31)/t18-,19-,20-,21+,22+,23-,24+,25-,26-,27+,28+/m1/s1. The molecule has 0 aromatic heterocycles. The number of fused-ring (bicyclic) bond motifs is 1. The largest absolute Gasteiger partial charge is 0.394 e. The van der Waals surface area contributed by atoms with Crippen LogP contribution in [0.25, 0.3) is 0 Å². The summed E-state index contributed by atoms with van der Waals surface area (Å²) < 4.78 is 36.5. The fourth-order valence-corrected chi connectivity index (χ4v) is 5.13. The minimum Gasteiger partial charge on any atom is -0.394 e. The number of aliphatic hydroxyl groups is 4. The summed E-state index contributed by atoms with van der Waals surface area (Å²) in [6.07, 6.45) is -11.9. The first-order chi connectivity index (χ1) is 19.4. The molecule has 11 atom stereocenters. The molecule has 1 amide bonds. The average Bonchev–Trinajstić information content (AvgIpc) is 2.98. The summed E-state index contributed by atoms with van der Waals surface area (Å²) in [7, 11) is 0. The number of rotatable bonds is 8. The van der Waals surface area contributed by atoms with Gasteiger partial charge in [-0.25, -0.2) is 0 Å². The Morgan fingerprint density at radius 3 is 2.30 bits per heavy atom. The molecule has 0 aliphatic carbocycles. The molecule has 5 N–H and O–H groups in total. The van der Waals surface area contributed by atoms with Gasteiger partial charge in [0, 0.05) is 12.5 Å². The van der Waals surface area contributed by atoms with Gasteiger partial charge in [-0.15, -0.1) is 0 Å². The molecule has 3 heterocycles. The minimum atomic E-state index is -1.66. The van der Waals surface area contributed by atoms with Crippen LogP contribution in [-0.2, 0) is 39.8 Å². The van der Waals surface area contributed by atoms with E-state index in [2.05, 4.69) is 5.32 Å². The van der Waals surface area contributed by atoms with E-state index in [-0.39, 0.29) is 13.2 Å². The Balaban J connectivity index is 1.44. The van der Waals surface area contributed by atoms with Gasteiger partial charge in [0.2, 0.25) is 5.91 Å². The quantitative estimate of drug-likeness (QED) is 0.288. The van der Waals surface area contributed by atoms with Crippen LogP contribution in [0.4, 0.5) is 0 Å². The van der Waals surface area contributed by atoms with Gasteiger partial charge in [0.25, 0.3) is 0 Å². The second-order valence-corrected chi connectivity index (χ2v) is 10.0. The van der Waals surface area contributed by atoms with E-state index in [1.54, 1.807) is 0 Å². The second kappa shape index (κ2) is 13.0. The Labute approximate surface area is 231 Å². The van der Waals surface area contributed by atoms with E-state index in [1.165, 1.54) is 6.92 Å². The van der Waals surface area contributed by atoms with Gasteiger partial charge in [-0.2, -0.15) is 0 Å². The summed E-state index contributed by atoms with van der Waals surface area (Å²) in [6.45, 7) is 0.989. The molecule has 40 heavy (non-hydrogen) atoms. The number of hydrogen-bond acceptors (Lipinski definition) is 11. The van der Waals surface area contributed by atoms with Crippen molar-refractivity contribution in [1.82, 2.24) is 5.32 Å². The summed E-state index contributed by atoms with van der Waals surface area (Å²) in [4.78, 5) is 12.3. The zero-order chi connectivity index (χ0) is 28.2. The summed E-state index contributed by atoms with van der Waals surface area (Å²) in [5, 5.41) is 43.8. The van der Waals surface area contributed by atoms with Crippen molar-refractivity contribution in [3.05, 3.63) is 71.8 Å². The lowest BCUT2D eigenvalue weighted by Gasteiger charge is -2.51. The molecule has 12 heteroatoms. The predicted molar refractivity (Wildman–Crippen MR) is 136 cm³/mol. The number of carbonyl (C=O) groups excluding carboxylic acids is 1. The topological polar surface area (TPSA) is 165 Å². The van der Waals surface area contributed by atoms with Crippen molar-refractivity contribution in [3.8, 4) is 0 Å². The molecule has 0 unspecified atom stereocenters. The van der Waals surface area contributed by atoms with Crippen molar-refractivity contribution < 1.29 is 53.6 Å². The molecular formula is C28H35NO11. The van der Waals surface area contributed by atoms with E-state index < -0.39 is 80.2 Å². The monoisotopic (exact) mass is 561 g/mol. The number of aliphatic hydroxyl groups excluding tert-OH is 4. The number of carbonyl (C=O) groups is 1. The Bertz CT molecular complexity index is 1090. The summed E-state index contributed by atoms with van der Waals surface area (Å²) in [5.41, 5.74) is 1.63. The van der Waals surface area contributed by atoms with Gasteiger partial charge in [0.15, 0.2) is 18.9 Å². The van der Waals surface area contributed by atoms with Gasteiger partial charge in [-0.1, -0.05) is 60.7 Å². The van der Waals surface area contributed by atoms with Gasteiger partial charge in [0.1, 0.15) is 48.8 Å². The zero-order valence-corrected chi connectivity index (χ0v) is 21.9. The van der Waals surface area contributed by atoms with Crippen molar-refractivity contribution >= 4 is 5.91 Å². The Morgan fingerprint density at radius 1 is 0.925 bits per heavy atom. The smallest absolute Gasteiger partial charge is 0.217 e. The molecule has 0 radical (unpaired) electrons. The van der Waals surface area contributed by atoms with E-state index in [1.807, 2.05) is 60.7 Å². The molecule has 0 saturated carbocycles. The number of hydrogen-bond donors (Lipinski definition) is 5. The van der Waals surface area contributed by atoms with Gasteiger partial charge in [-0.05, 0) is 5.56 Å². The first kappa shape index (κ1) is 29.0. The molecule has 5 rings (SSSR count). The molecule has 2 aromatic carbocycles. The third-order valence-corrected chi connectivity index (χ3v) is 7.18. The van der Waals surface area contributed by atoms with Crippen LogP contribution in [0.5, 0.6) is 0 Å². The number of nitrogens with one attached hydrogen (secondary N) is 1. The molecule has 0 bridgehead atoms. The molecule has 3 aliphatic rings. The normalized spacial score (nSPS) is 37.9. The van der Waals surface area contributed by atoms with Crippen LogP contribution in [0.3, 0.4) is 0 Å². The highest BCUT2D eigenvalue weighted by molar-refractivity contribution is 5.73. The van der Waals surface area contributed by atoms with Gasteiger partial charge in [-0.3, -0.25) is 4.79 Å². The molecule has 12 nitrogen and oxygen atoms in total. The highest BCUT2D eigenvalue weighted by Gasteiger charge is 2.54. The lowest BCUT2D eigenvalue weighted by molar-refractivity contribution is -0.378. The first-order valence-electron chi connectivity index (χ1n) is 13.2. The van der Waals surface area contributed by atoms with Crippen molar-refractivity contribution in [3.63, 3.8) is 0 Å². The van der Waals surface area contributed by atoms with Crippen molar-refractivity contribution in [1.29, 1.82) is 0 Å². The third kappa shape index (κ3) is 6.37. The minimum absolute atomic E-state index is 0.108. The molecule has 3 saturated heterocycles. The molecular weight excluding hydrogens is 526 g/mol. The van der Waals surface area contributed by atoms with Crippen molar-refractivity contribution in [2.24, 2.45) is 0 Å². The Hall–Kier alpha value is -2.49. The molecule has 2 aromatic rings. The van der Waals surface area contributed by atoms with E-state index in [0.29, 0.717) is 0 Å². The second-order valence-electron chi connectivity index (χ2n) is 10.0. The fraction of sp³-hybridized carbons (Fsp3) is 0.536. The van der Waals surface area contributed by atoms with Gasteiger partial charge in [0.05, 0.1) is 19.8 Å². The van der Waals surface area contributed by atoms with Crippen LogP contribution in [0.1, 0.15) is 24.3 Å². The fourth-order valence-electron chi connectivity index (χ4n) is 5.13. The lowest BCUT2D eigenvalue weighted by atomic mass is 9.94. The maximum atomic E-state index is 12.3. The first-order valence-corrected chi connectivity index (χ1v) is 13.2. The van der Waals surface area contributed by atoms with Crippen LogP contribution in [0.2, 0.25) is 0 Å². The molecule has 218 valence electrons. The predicted octanol–water partition coefficient (Wildman–Crippen LogP) is -0.268. The molecule has 0 spiro atoms. The highest BCUT2D eigenvalue weighted by atomic mass is 16.8. The third-order valence-electron chi connectivity index (χ3n) is 7.18. The van der Waals surface area contributed by atoms with Crippen LogP contribution in [0, 0.1) is 0 Å². The van der Waals surface area contributed by atoms with Crippen molar-refractivity contribution in [2.45, 2.75) is 81.2 Å². The zero-order valence-electron chi connectivity index (χ0n) is 21.9. The lowest BCUT2D eigenvalue weighted by Crippen LogP contribution is -2.69. The highest BCUT2D eigenvalue weighted by Crippen LogP contribution is 2.37. The van der Waals surface area contributed by atoms with E-state index >= 15 is 0 Å². The number of ether oxygens (including phenoxy) is 6. The molecule has 3 aliphatic heterocycles. The van der Waals surface area contributed by atoms with E-state index in [4.69, 9.17) is 28.4 Å². The van der Waals surface area contributed by atoms with Crippen LogP contribution in [0.15, 0.2) is 60.7 Å². The van der Waals surface area contributed by atoms with E-state index in [9.17, 15) is 25.2 Å². The van der Waals surface area contributed by atoms with Gasteiger partial charge >= 0.3 is 0 Å². The Kier molecular flexibility index (Phi) is 9.43. The maximum Gasteiger partial charge on any atom is 0.217 e. The van der Waals surface area contributed by atoms with Crippen molar-refractivity contribution in [2.75, 3.05) is 13.2 Å². The van der Waals surface area contributed by atoms with Crippen LogP contribution < -0.4 is 5.32 Å². The summed E-state index contributed by atoms with van der Waals surface area (Å²) >= 11 is 0. The summed E-state index contributed by atoms with van der Waals surface area (Å²) in [5.74, 6) is -0.394. The number of benzene rings is 2.